The Hall–Kier alpha value is -2.47. The normalized spacial score (nSPS) is 11.1. The Bertz CT molecular complexity index is 722. The van der Waals surface area contributed by atoms with E-state index in [4.69, 9.17) is 4.42 Å². The van der Waals surface area contributed by atoms with Gasteiger partial charge in [0.05, 0.1) is 23.7 Å². The van der Waals surface area contributed by atoms with Crippen LogP contribution in [0.5, 0.6) is 0 Å². The van der Waals surface area contributed by atoms with Crippen LogP contribution in [0.2, 0.25) is 0 Å². The van der Waals surface area contributed by atoms with Gasteiger partial charge in [-0.05, 0) is 31.4 Å². The van der Waals surface area contributed by atoms with Crippen LogP contribution < -0.4 is 16.6 Å². The van der Waals surface area contributed by atoms with E-state index in [1.807, 2.05) is 0 Å². The van der Waals surface area contributed by atoms with Crippen molar-refractivity contribution in [1.82, 2.24) is 5.43 Å². The Morgan fingerprint density at radius 1 is 1.27 bits per heavy atom. The van der Waals surface area contributed by atoms with Crippen molar-refractivity contribution in [2.24, 2.45) is 5.10 Å². The number of hydrogen-bond acceptors (Lipinski definition) is 4. The number of fused-ring (bicyclic) bond motifs is 1. The van der Waals surface area contributed by atoms with Crippen molar-refractivity contribution in [3.05, 3.63) is 46.3 Å². The van der Waals surface area contributed by atoms with Gasteiger partial charge in [-0.2, -0.15) is 5.10 Å². The lowest BCUT2D eigenvalue weighted by Gasteiger charge is -1.99. The molecule has 0 unspecified atom stereocenters. The topological polar surface area (TPSA) is 99.3 Å². The van der Waals surface area contributed by atoms with Crippen LogP contribution >= 0.6 is 0 Å². The van der Waals surface area contributed by atoms with E-state index in [2.05, 4.69) is 16.3 Å². The Labute approximate surface area is 128 Å². The first-order chi connectivity index (χ1) is 10.7. The fourth-order valence-corrected chi connectivity index (χ4v) is 2.05. The molecule has 2 rings (SSSR count). The van der Waals surface area contributed by atoms with Crippen molar-refractivity contribution >= 4 is 23.1 Å². The number of quaternary nitrogens is 1. The highest BCUT2D eigenvalue weighted by Crippen LogP contribution is 2.09. The third-order valence-corrected chi connectivity index (χ3v) is 3.25. The Kier molecular flexibility index (Phi) is 5.85. The van der Waals surface area contributed by atoms with Gasteiger partial charge in [0, 0.05) is 6.42 Å². The first kappa shape index (κ1) is 15.9. The molecule has 4 N–H and O–H groups in total. The minimum absolute atomic E-state index is 0.162. The number of para-hydroxylation sites is 1. The van der Waals surface area contributed by atoms with Crippen LogP contribution in [0.3, 0.4) is 0 Å². The molecule has 0 aliphatic carbocycles. The lowest BCUT2D eigenvalue weighted by atomic mass is 10.2. The van der Waals surface area contributed by atoms with Gasteiger partial charge in [-0.25, -0.2) is 5.43 Å². The molecule has 22 heavy (non-hydrogen) atoms. The molecule has 116 valence electrons. The second-order valence-corrected chi connectivity index (χ2v) is 4.97. The molecule has 0 fully saturated rings. The van der Waals surface area contributed by atoms with E-state index in [-0.39, 0.29) is 11.3 Å². The number of amides is 1. The molecule has 1 heterocycles. The van der Waals surface area contributed by atoms with Crippen LogP contribution in [-0.4, -0.2) is 18.7 Å². The average molecular weight is 302 g/mol. The van der Waals surface area contributed by atoms with Gasteiger partial charge in [-0.3, -0.25) is 9.59 Å². The van der Waals surface area contributed by atoms with Gasteiger partial charge in [0.1, 0.15) is 11.8 Å². The molecule has 1 aromatic heterocycles. The highest BCUT2D eigenvalue weighted by molar-refractivity contribution is 5.87. The number of nitrogens with zero attached hydrogens (tertiary/aromatic N) is 1. The van der Waals surface area contributed by atoms with Gasteiger partial charge in [0.15, 0.2) is 0 Å². The quantitative estimate of drug-likeness (QED) is 0.454. The van der Waals surface area contributed by atoms with E-state index in [1.165, 1.54) is 12.5 Å². The fourth-order valence-electron chi connectivity index (χ4n) is 2.05. The molecule has 0 atom stereocenters. The minimum Gasteiger partial charge on any atom is -0.463 e. The molecule has 6 heteroatoms. The Morgan fingerprint density at radius 3 is 2.91 bits per heavy atom. The maximum Gasteiger partial charge on any atom is 0.240 e. The summed E-state index contributed by atoms with van der Waals surface area (Å²) in [4.78, 5) is 23.7. The highest BCUT2D eigenvalue weighted by Gasteiger charge is 2.04. The van der Waals surface area contributed by atoms with E-state index >= 15 is 0 Å². The lowest BCUT2D eigenvalue weighted by Crippen LogP contribution is -2.50. The van der Waals surface area contributed by atoms with E-state index in [0.29, 0.717) is 23.0 Å². The lowest BCUT2D eigenvalue weighted by molar-refractivity contribution is -0.368. The zero-order chi connectivity index (χ0) is 15.8. The highest BCUT2D eigenvalue weighted by atomic mass is 16.3. The molecular formula is C16H20N3O3+. The van der Waals surface area contributed by atoms with E-state index in [9.17, 15) is 9.59 Å². The molecule has 1 amide bonds. The summed E-state index contributed by atoms with van der Waals surface area (Å²) >= 11 is 0. The number of hydrazone groups is 1. The van der Waals surface area contributed by atoms with Gasteiger partial charge in [0.2, 0.25) is 11.3 Å². The van der Waals surface area contributed by atoms with Gasteiger partial charge in [-0.15, -0.1) is 0 Å². The molecule has 0 saturated heterocycles. The second kappa shape index (κ2) is 8.09. The van der Waals surface area contributed by atoms with Gasteiger partial charge in [-0.1, -0.05) is 12.1 Å². The van der Waals surface area contributed by atoms with Gasteiger partial charge >= 0.3 is 0 Å². The number of carbonyl (C=O) groups excluding carboxylic acids is 1. The van der Waals surface area contributed by atoms with Crippen molar-refractivity contribution in [3.63, 3.8) is 0 Å². The maximum absolute atomic E-state index is 12.2. The number of benzene rings is 1. The van der Waals surface area contributed by atoms with Crippen molar-refractivity contribution in [3.8, 4) is 0 Å². The molecule has 6 nitrogen and oxygen atoms in total. The minimum atomic E-state index is -0.171. The third-order valence-electron chi connectivity index (χ3n) is 3.25. The van der Waals surface area contributed by atoms with Gasteiger partial charge in [0.25, 0.3) is 0 Å². The van der Waals surface area contributed by atoms with E-state index < -0.39 is 0 Å². The van der Waals surface area contributed by atoms with Gasteiger partial charge < -0.3 is 10.2 Å². The molecule has 0 radical (unpaired) electrons. The second-order valence-electron chi connectivity index (χ2n) is 4.97. The maximum atomic E-state index is 12.2. The van der Waals surface area contributed by atoms with Crippen LogP contribution in [-0.2, 0) is 4.79 Å². The number of unbranched alkanes of at least 4 members (excludes halogenated alkanes) is 2. The summed E-state index contributed by atoms with van der Waals surface area (Å²) in [7, 11) is 0. The van der Waals surface area contributed by atoms with Crippen molar-refractivity contribution in [1.29, 1.82) is 0 Å². The summed E-state index contributed by atoms with van der Waals surface area (Å²) < 4.78 is 5.36. The largest absolute Gasteiger partial charge is 0.463 e. The molecule has 0 saturated carbocycles. The van der Waals surface area contributed by atoms with Crippen molar-refractivity contribution < 1.29 is 14.9 Å². The van der Waals surface area contributed by atoms with E-state index in [0.717, 1.165) is 25.8 Å². The number of carbonyl (C=O) groups is 1. The standard InChI is InChI=1S/C16H19N3O3/c17-9-5-1-2-8-15(20)19-18-10-12-11-22-14-7-4-3-6-13(14)16(12)21/h3-4,6-7,10-11H,1-2,5,8-9,17H2,(H,19,20)/p+1/b18-10-. The number of nitrogens with one attached hydrogen (secondary N) is 1. The molecule has 0 bridgehead atoms. The molecule has 1 aromatic carbocycles. The van der Waals surface area contributed by atoms with Crippen LogP contribution in [0, 0.1) is 0 Å². The predicted octanol–water partition coefficient (Wildman–Crippen LogP) is 1.05. The van der Waals surface area contributed by atoms with Crippen LogP contribution in [0.1, 0.15) is 31.2 Å². The smallest absolute Gasteiger partial charge is 0.240 e. The molecule has 0 spiro atoms. The average Bonchev–Trinajstić information content (AvgIpc) is 2.54. The molecule has 0 aliphatic heterocycles. The number of hydrogen-bond donors (Lipinski definition) is 2. The summed E-state index contributed by atoms with van der Waals surface area (Å²) in [6.07, 6.45) is 5.89. The van der Waals surface area contributed by atoms with Crippen LogP contribution in [0.15, 0.2) is 44.8 Å². The summed E-state index contributed by atoms with van der Waals surface area (Å²) in [5.74, 6) is -0.162. The first-order valence-electron chi connectivity index (χ1n) is 7.34. The Balaban J connectivity index is 1.95. The zero-order valence-electron chi connectivity index (χ0n) is 12.4. The van der Waals surface area contributed by atoms with Crippen molar-refractivity contribution in [2.45, 2.75) is 25.7 Å². The first-order valence-corrected chi connectivity index (χ1v) is 7.34. The summed E-state index contributed by atoms with van der Waals surface area (Å²) in [5.41, 5.74) is 6.83. The van der Waals surface area contributed by atoms with Crippen LogP contribution in [0.25, 0.3) is 11.0 Å². The fraction of sp³-hybridized carbons (Fsp3) is 0.312. The SMILES string of the molecule is [NH3+]CCCCCC(=O)N/N=C\c1coc2ccccc2c1=O. The summed E-state index contributed by atoms with van der Waals surface area (Å²) in [5, 5.41) is 4.30. The van der Waals surface area contributed by atoms with E-state index in [1.54, 1.807) is 24.3 Å². The third kappa shape index (κ3) is 4.26. The molecule has 2 aromatic rings. The zero-order valence-corrected chi connectivity index (χ0v) is 12.4. The predicted molar refractivity (Wildman–Crippen MR) is 84.4 cm³/mol. The van der Waals surface area contributed by atoms with Crippen LogP contribution in [0.4, 0.5) is 0 Å². The molecule has 0 aliphatic rings. The van der Waals surface area contributed by atoms with Crippen molar-refractivity contribution in [2.75, 3.05) is 6.54 Å². The summed E-state index contributed by atoms with van der Waals surface area (Å²) in [6, 6.07) is 6.99. The summed E-state index contributed by atoms with van der Waals surface area (Å²) in [6.45, 7) is 0.886. The Morgan fingerprint density at radius 2 is 2.09 bits per heavy atom. The number of rotatable bonds is 7. The monoisotopic (exact) mass is 302 g/mol. The molecular weight excluding hydrogens is 282 g/mol.